The molecule has 2 fully saturated rings. The summed E-state index contributed by atoms with van der Waals surface area (Å²) in [5.74, 6) is -0.683. The van der Waals surface area contributed by atoms with E-state index in [1.807, 2.05) is 48.5 Å². The molecule has 0 unspecified atom stereocenters. The number of benzene rings is 2. The van der Waals surface area contributed by atoms with E-state index in [2.05, 4.69) is 35.4 Å². The summed E-state index contributed by atoms with van der Waals surface area (Å²) in [7, 11) is -8.10. The van der Waals surface area contributed by atoms with Crippen molar-refractivity contribution in [2.45, 2.75) is 207 Å². The number of carboxylic acid groups (broad SMARTS) is 1. The number of alkyl carbamates (subject to hydrolysis) is 2. The SMILES string of the molecule is CCOC(=O)N1CCN(C(=O)[C@H](CCCN=C(N)NS(=O)(=O)c2c(C)c(C)c3c(c2C)CC(C)(C)O3)NC(=O)OC(C)(C)C)CC1.CCOC(=O)N1CCNCC1.Cc1c(C)c(S(=O)(=O)NC(N)=NCCC[C@H](NC(=O)OC(C)(C)C)C(=O)O)c(C)c2c1OC(C)(C)C2.F. The van der Waals surface area contributed by atoms with Gasteiger partial charge in [0.1, 0.15) is 46.0 Å². The minimum Gasteiger partial charge on any atom is -0.487 e. The fourth-order valence-electron chi connectivity index (χ4n) is 10.7. The van der Waals surface area contributed by atoms with Crippen molar-refractivity contribution in [3.05, 3.63) is 44.5 Å². The summed E-state index contributed by atoms with van der Waals surface area (Å²) >= 11 is 0. The van der Waals surface area contributed by atoms with Crippen molar-refractivity contribution in [1.82, 2.24) is 40.1 Å². The van der Waals surface area contributed by atoms with E-state index in [1.54, 1.807) is 86.0 Å². The lowest BCUT2D eigenvalue weighted by Gasteiger charge is -2.36. The molecule has 2 saturated heterocycles. The number of fused-ring (bicyclic) bond motifs is 2. The van der Waals surface area contributed by atoms with E-state index < -0.39 is 78.8 Å². The third-order valence-electron chi connectivity index (χ3n) is 15.2. The van der Waals surface area contributed by atoms with Gasteiger partial charge in [0.15, 0.2) is 0 Å². The molecule has 2 aromatic carbocycles. The molecule has 4 heterocycles. The monoisotopic (exact) mass is 1370 g/mol. The van der Waals surface area contributed by atoms with Gasteiger partial charge in [-0.3, -0.25) is 19.5 Å². The second-order valence-electron chi connectivity index (χ2n) is 26.3. The van der Waals surface area contributed by atoms with Gasteiger partial charge >= 0.3 is 30.3 Å². The van der Waals surface area contributed by atoms with Crippen LogP contribution < -0.4 is 46.3 Å². The quantitative estimate of drug-likeness (QED) is 0.0380. The van der Waals surface area contributed by atoms with Crippen LogP contribution in [-0.4, -0.2) is 198 Å². The summed E-state index contributed by atoms with van der Waals surface area (Å²) in [6.07, 6.45) is -0.243. The molecule has 0 radical (unpaired) electrons. The largest absolute Gasteiger partial charge is 0.487 e. The van der Waals surface area contributed by atoms with E-state index in [1.165, 1.54) is 4.90 Å². The first kappa shape index (κ1) is 80.6. The number of nitrogens with one attached hydrogen (secondary N) is 5. The maximum Gasteiger partial charge on any atom is 0.409 e. The van der Waals surface area contributed by atoms with Crippen LogP contribution >= 0.6 is 0 Å². The van der Waals surface area contributed by atoms with Gasteiger partial charge in [-0.1, -0.05) is 0 Å². The van der Waals surface area contributed by atoms with Gasteiger partial charge in [-0.15, -0.1) is 0 Å². The number of halogens is 1. The predicted molar refractivity (Wildman–Crippen MR) is 353 cm³/mol. The minimum atomic E-state index is -4.06. The Bertz CT molecular complexity index is 3330. The second-order valence-corrected chi connectivity index (χ2v) is 29.6. The lowest BCUT2D eigenvalue weighted by molar-refractivity contribution is -0.139. The molecule has 0 aromatic heterocycles. The van der Waals surface area contributed by atoms with Crippen molar-refractivity contribution in [3.63, 3.8) is 0 Å². The number of nitrogens with two attached hydrogens (primary N) is 2. The number of carboxylic acids is 1. The van der Waals surface area contributed by atoms with Crippen molar-refractivity contribution in [2.75, 3.05) is 78.7 Å². The molecule has 5 amide bonds. The number of amides is 5. The van der Waals surface area contributed by atoms with Crippen LogP contribution in [0.3, 0.4) is 0 Å². The van der Waals surface area contributed by atoms with Gasteiger partial charge in [0.05, 0.1) is 23.0 Å². The summed E-state index contributed by atoms with van der Waals surface area (Å²) in [5, 5.41) is 17.5. The van der Waals surface area contributed by atoms with Crippen molar-refractivity contribution < 1.29 is 83.8 Å². The molecule has 10 N–H and O–H groups in total. The Morgan fingerprint density at radius 1 is 0.585 bits per heavy atom. The van der Waals surface area contributed by atoms with Crippen LogP contribution in [0.2, 0.25) is 0 Å². The molecule has 0 saturated carbocycles. The van der Waals surface area contributed by atoms with Crippen LogP contribution in [0.25, 0.3) is 0 Å². The third-order valence-corrected chi connectivity index (χ3v) is 18.5. The average molecular weight is 1370 g/mol. The molecular formula is C62H103FN12O17S2. The first-order chi connectivity index (χ1) is 42.9. The zero-order valence-corrected chi connectivity index (χ0v) is 59.6. The predicted octanol–water partition coefficient (Wildman–Crippen LogP) is 5.77. The molecule has 2 aromatic rings. The summed E-state index contributed by atoms with van der Waals surface area (Å²) < 4.78 is 90.6. The molecule has 0 spiro atoms. The Morgan fingerprint density at radius 3 is 1.30 bits per heavy atom. The standard InChI is InChI=1S/C31H50N6O8S.C24H38N4O7S.C7H14N2O2.FH/c1-10-43-29(40)37-16-14-36(15-17-37)26(38)23(34-28(39)45-30(5,6)7)12-11-13-33-27(32)35-46(41,42)25-20(3)19(2)24-22(21(25)4)18-31(8,9)44-24;1-13-14(2)19(15(3)16-12-24(7,8)34-18(13)16)36(32,33)28-21(25)26-11-9-10-17(20(29)30)27-22(31)35-23(4,5)6;1-2-11-7(10)9-5-3-8-4-6-9;/h23H,10-18H2,1-9H3,(H,34,39)(H3,32,33,35);17H,9-12H2,1-8H3,(H,27,31)(H,29,30)(H3,25,26,28);8H,2-6H2,1H3;1H/t23-;17-;;/m00../s1. The number of hydrogen-bond acceptors (Lipinski definition) is 19. The van der Waals surface area contributed by atoms with Gasteiger partial charge in [0, 0.05) is 89.4 Å². The van der Waals surface area contributed by atoms with Crippen molar-refractivity contribution in [1.29, 1.82) is 0 Å². The smallest absolute Gasteiger partial charge is 0.409 e. The highest BCUT2D eigenvalue weighted by Gasteiger charge is 2.39. The molecule has 32 heteroatoms. The highest BCUT2D eigenvalue weighted by Crippen LogP contribution is 2.45. The van der Waals surface area contributed by atoms with Gasteiger partial charge in [-0.05, 0) is 184 Å². The van der Waals surface area contributed by atoms with E-state index in [9.17, 15) is 50.7 Å². The highest BCUT2D eigenvalue weighted by molar-refractivity contribution is 7.90. The Labute approximate surface area is 553 Å². The molecule has 0 aliphatic carbocycles. The number of guanidine groups is 2. The van der Waals surface area contributed by atoms with E-state index >= 15 is 0 Å². The highest BCUT2D eigenvalue weighted by atomic mass is 32.2. The Kier molecular flexibility index (Phi) is 28.9. The van der Waals surface area contributed by atoms with Gasteiger partial charge in [-0.2, -0.15) is 0 Å². The fourth-order valence-corrected chi connectivity index (χ4v) is 13.8. The zero-order valence-electron chi connectivity index (χ0n) is 58.0. The van der Waals surface area contributed by atoms with Gasteiger partial charge in [0.2, 0.25) is 17.8 Å². The molecule has 4 aliphatic rings. The van der Waals surface area contributed by atoms with Crippen LogP contribution in [0.1, 0.15) is 153 Å². The number of piperazine rings is 2. The van der Waals surface area contributed by atoms with Crippen molar-refractivity contribution in [3.8, 4) is 11.5 Å². The summed E-state index contributed by atoms with van der Waals surface area (Å²) in [4.78, 5) is 85.8. The number of aliphatic imine (C=N–C) groups is 2. The number of carbonyl (C=O) groups is 6. The van der Waals surface area contributed by atoms with Crippen molar-refractivity contribution >= 4 is 68.2 Å². The third kappa shape index (κ3) is 23.4. The normalized spacial score (nSPS) is 16.6. The fraction of sp³-hybridized carbons (Fsp3) is 0.677. The minimum absolute atomic E-state index is 0. The maximum atomic E-state index is 13.5. The first-order valence-electron chi connectivity index (χ1n) is 31.3. The number of hydrogen-bond donors (Lipinski definition) is 8. The zero-order chi connectivity index (χ0) is 70.4. The van der Waals surface area contributed by atoms with Gasteiger partial charge in [-0.25, -0.2) is 50.3 Å². The van der Waals surface area contributed by atoms with E-state index in [0.29, 0.717) is 61.2 Å². The van der Waals surface area contributed by atoms with Crippen LogP contribution in [0.4, 0.5) is 23.9 Å². The average Bonchev–Trinajstić information content (AvgIpc) is 1.52. The second kappa shape index (κ2) is 33.7. The van der Waals surface area contributed by atoms with E-state index in [-0.39, 0.29) is 90.5 Å². The number of aliphatic carboxylic acids is 1. The van der Waals surface area contributed by atoms with Crippen LogP contribution in [-0.2, 0) is 61.4 Å². The topological polar surface area (TPSA) is 393 Å². The Hall–Kier alpha value is -7.61. The summed E-state index contributed by atoms with van der Waals surface area (Å²) in [5.41, 5.74) is 15.1. The first-order valence-corrected chi connectivity index (χ1v) is 34.2. The molecule has 29 nitrogen and oxygen atoms in total. The lowest BCUT2D eigenvalue weighted by atomic mass is 9.94. The summed E-state index contributed by atoms with van der Waals surface area (Å²) in [6.45, 7) is 37.5. The van der Waals surface area contributed by atoms with E-state index in [0.717, 1.165) is 59.9 Å². The number of carbonyl (C=O) groups excluding carboxylic acids is 5. The lowest BCUT2D eigenvalue weighted by Crippen LogP contribution is -2.56. The molecule has 0 bridgehead atoms. The van der Waals surface area contributed by atoms with Gasteiger partial charge in [0.25, 0.3) is 20.0 Å². The Morgan fingerprint density at radius 2 is 0.936 bits per heavy atom. The van der Waals surface area contributed by atoms with Crippen LogP contribution in [0.15, 0.2) is 19.8 Å². The molecule has 6 rings (SSSR count). The number of rotatable bonds is 18. The molecular weight excluding hydrogens is 1270 g/mol. The van der Waals surface area contributed by atoms with Gasteiger partial charge < -0.3 is 75.6 Å². The molecule has 4 aliphatic heterocycles. The van der Waals surface area contributed by atoms with Crippen molar-refractivity contribution in [2.24, 2.45) is 21.5 Å². The van der Waals surface area contributed by atoms with Crippen LogP contribution in [0, 0.1) is 41.5 Å². The van der Waals surface area contributed by atoms with E-state index in [4.69, 9.17) is 39.9 Å². The maximum absolute atomic E-state index is 13.5. The molecule has 94 heavy (non-hydrogen) atoms. The number of ether oxygens (including phenoxy) is 6. The molecule has 2 atom stereocenters. The Balaban J connectivity index is 0.000000425. The summed E-state index contributed by atoms with van der Waals surface area (Å²) in [6, 6.07) is -2.11. The van der Waals surface area contributed by atoms with Crippen LogP contribution in [0.5, 0.6) is 11.5 Å². The number of sulfonamides is 2. The number of nitrogens with zero attached hydrogens (tertiary/aromatic N) is 5. The molecule has 532 valence electrons.